The number of thiophene rings is 1. The Balaban J connectivity index is 1.57. The van der Waals surface area contributed by atoms with Gasteiger partial charge in [-0.3, -0.25) is 4.79 Å². The van der Waals surface area contributed by atoms with E-state index in [0.717, 1.165) is 27.9 Å². The lowest BCUT2D eigenvalue weighted by Gasteiger charge is -2.25. The van der Waals surface area contributed by atoms with Crippen LogP contribution in [-0.2, 0) is 15.7 Å². The smallest absolute Gasteiger partial charge is 0.383 e. The highest BCUT2D eigenvalue weighted by atomic mass is 32.1. The number of anilines is 2. The van der Waals surface area contributed by atoms with Crippen LogP contribution in [-0.4, -0.2) is 42.7 Å². The van der Waals surface area contributed by atoms with Gasteiger partial charge in [-0.25, -0.2) is 9.97 Å². The monoisotopic (exact) mass is 500 g/mol. The maximum Gasteiger partial charge on any atom is 0.416 e. The lowest BCUT2D eigenvalue weighted by atomic mass is 10.2. The van der Waals surface area contributed by atoms with Crippen molar-refractivity contribution in [3.05, 3.63) is 71.6 Å². The predicted octanol–water partition coefficient (Wildman–Crippen LogP) is 5.86. The first-order valence-corrected chi connectivity index (χ1v) is 11.7. The lowest BCUT2D eigenvalue weighted by Crippen LogP contribution is -2.32. The van der Waals surface area contributed by atoms with Crippen LogP contribution in [0.15, 0.2) is 66.0 Å². The molecule has 6 nitrogen and oxygen atoms in total. The molecule has 0 unspecified atom stereocenters. The normalized spacial score (nSPS) is 11.5. The third-order valence-corrected chi connectivity index (χ3v) is 6.14. The molecule has 0 aliphatic rings. The number of hydrogen-bond acceptors (Lipinski definition) is 6. The van der Waals surface area contributed by atoms with Crippen molar-refractivity contribution in [1.29, 1.82) is 0 Å². The SMILES string of the molecule is COCCN(CCC(=O)Nc1cccc(C(F)(F)F)c1)c1nc(-c2cccs2)nc2ccccc12. The highest BCUT2D eigenvalue weighted by Crippen LogP contribution is 2.31. The van der Waals surface area contributed by atoms with Crippen LogP contribution in [0, 0.1) is 0 Å². The van der Waals surface area contributed by atoms with Crippen molar-refractivity contribution in [2.45, 2.75) is 12.6 Å². The van der Waals surface area contributed by atoms with Crippen LogP contribution in [0.3, 0.4) is 0 Å². The van der Waals surface area contributed by atoms with Crippen molar-refractivity contribution in [2.24, 2.45) is 0 Å². The second kappa shape index (κ2) is 10.8. The first-order chi connectivity index (χ1) is 16.8. The minimum Gasteiger partial charge on any atom is -0.383 e. The van der Waals surface area contributed by atoms with Gasteiger partial charge < -0.3 is 15.0 Å². The summed E-state index contributed by atoms with van der Waals surface area (Å²) in [5.41, 5.74) is 0.0584. The highest BCUT2D eigenvalue weighted by molar-refractivity contribution is 7.13. The Bertz CT molecular complexity index is 1300. The third-order valence-electron chi connectivity index (χ3n) is 5.27. The molecule has 0 aliphatic carbocycles. The maximum atomic E-state index is 13.0. The van der Waals surface area contributed by atoms with Crippen molar-refractivity contribution >= 4 is 39.7 Å². The highest BCUT2D eigenvalue weighted by Gasteiger charge is 2.30. The van der Waals surface area contributed by atoms with Crippen LogP contribution in [0.2, 0.25) is 0 Å². The largest absolute Gasteiger partial charge is 0.416 e. The van der Waals surface area contributed by atoms with Crippen molar-refractivity contribution in [3.63, 3.8) is 0 Å². The summed E-state index contributed by atoms with van der Waals surface area (Å²) in [6.45, 7) is 1.17. The predicted molar refractivity (Wildman–Crippen MR) is 132 cm³/mol. The molecule has 2 aromatic carbocycles. The van der Waals surface area contributed by atoms with Crippen LogP contribution in [0.4, 0.5) is 24.7 Å². The van der Waals surface area contributed by atoms with E-state index < -0.39 is 17.6 Å². The molecule has 2 heterocycles. The molecule has 4 rings (SSSR count). The first-order valence-electron chi connectivity index (χ1n) is 10.9. The van der Waals surface area contributed by atoms with Gasteiger partial charge >= 0.3 is 6.18 Å². The quantitative estimate of drug-likeness (QED) is 0.312. The van der Waals surface area contributed by atoms with Crippen LogP contribution < -0.4 is 10.2 Å². The van der Waals surface area contributed by atoms with Crippen LogP contribution >= 0.6 is 11.3 Å². The number of alkyl halides is 3. The number of fused-ring (bicyclic) bond motifs is 1. The Labute approximate surface area is 204 Å². The molecule has 2 aromatic heterocycles. The number of nitrogens with zero attached hydrogens (tertiary/aromatic N) is 3. The third kappa shape index (κ3) is 6.14. The number of carbonyl (C=O) groups is 1. The van der Waals surface area contributed by atoms with Crippen molar-refractivity contribution in [2.75, 3.05) is 37.0 Å². The lowest BCUT2D eigenvalue weighted by molar-refractivity contribution is -0.137. The van der Waals surface area contributed by atoms with Gasteiger partial charge in [-0.05, 0) is 41.8 Å². The summed E-state index contributed by atoms with van der Waals surface area (Å²) in [6.07, 6.45) is -4.43. The van der Waals surface area contributed by atoms with E-state index in [0.29, 0.717) is 31.3 Å². The average Bonchev–Trinajstić information content (AvgIpc) is 3.38. The van der Waals surface area contributed by atoms with Gasteiger partial charge in [0.15, 0.2) is 5.82 Å². The fourth-order valence-electron chi connectivity index (χ4n) is 3.58. The number of ether oxygens (including phenoxy) is 1. The van der Waals surface area contributed by atoms with E-state index in [1.54, 1.807) is 7.11 Å². The van der Waals surface area contributed by atoms with Gasteiger partial charge in [0.05, 0.1) is 22.6 Å². The number of hydrogen-bond donors (Lipinski definition) is 1. The zero-order valence-electron chi connectivity index (χ0n) is 18.9. The number of rotatable bonds is 9. The Morgan fingerprint density at radius 1 is 1.06 bits per heavy atom. The number of methoxy groups -OCH3 is 1. The van der Waals surface area contributed by atoms with Gasteiger partial charge in [-0.1, -0.05) is 24.3 Å². The minimum atomic E-state index is -4.48. The second-order valence-electron chi connectivity index (χ2n) is 7.72. The van der Waals surface area contributed by atoms with Crippen LogP contribution in [0.5, 0.6) is 0 Å². The van der Waals surface area contributed by atoms with Crippen molar-refractivity contribution in [1.82, 2.24) is 9.97 Å². The number of amides is 1. The Kier molecular flexibility index (Phi) is 7.62. The number of carbonyl (C=O) groups excluding carboxylic acids is 1. The number of nitrogens with one attached hydrogen (secondary N) is 1. The fourth-order valence-corrected chi connectivity index (χ4v) is 4.23. The maximum absolute atomic E-state index is 13.0. The topological polar surface area (TPSA) is 67.3 Å². The Morgan fingerprint density at radius 3 is 2.63 bits per heavy atom. The summed E-state index contributed by atoms with van der Waals surface area (Å²) < 4.78 is 44.2. The van der Waals surface area contributed by atoms with E-state index in [2.05, 4.69) is 5.32 Å². The molecule has 1 amide bonds. The van der Waals surface area contributed by atoms with Gasteiger partial charge in [0.1, 0.15) is 5.82 Å². The molecule has 182 valence electrons. The molecule has 0 bridgehead atoms. The van der Waals surface area contributed by atoms with E-state index in [4.69, 9.17) is 14.7 Å². The molecule has 0 radical (unpaired) electrons. The summed E-state index contributed by atoms with van der Waals surface area (Å²) >= 11 is 1.53. The second-order valence-corrected chi connectivity index (χ2v) is 8.67. The van der Waals surface area contributed by atoms with Gasteiger partial charge in [0.2, 0.25) is 5.91 Å². The molecular weight excluding hydrogens is 477 g/mol. The molecule has 0 spiro atoms. The summed E-state index contributed by atoms with van der Waals surface area (Å²) in [5.74, 6) is 0.857. The van der Waals surface area contributed by atoms with Gasteiger partial charge in [-0.15, -0.1) is 11.3 Å². The Morgan fingerprint density at radius 2 is 1.89 bits per heavy atom. The molecule has 1 N–H and O–H groups in total. The molecule has 0 atom stereocenters. The van der Waals surface area contributed by atoms with Gasteiger partial charge in [-0.2, -0.15) is 13.2 Å². The summed E-state index contributed by atoms with van der Waals surface area (Å²) in [7, 11) is 1.59. The van der Waals surface area contributed by atoms with E-state index in [1.165, 1.54) is 23.5 Å². The fraction of sp³-hybridized carbons (Fsp3) is 0.240. The molecule has 0 saturated heterocycles. The van der Waals surface area contributed by atoms with E-state index >= 15 is 0 Å². The van der Waals surface area contributed by atoms with Crippen LogP contribution in [0.25, 0.3) is 21.6 Å². The number of aromatic nitrogens is 2. The average molecular weight is 501 g/mol. The van der Waals surface area contributed by atoms with Gasteiger partial charge in [0.25, 0.3) is 0 Å². The van der Waals surface area contributed by atoms with Crippen molar-refractivity contribution < 1.29 is 22.7 Å². The Hall–Kier alpha value is -3.50. The molecule has 0 aliphatic heterocycles. The van der Waals surface area contributed by atoms with E-state index in [1.807, 2.05) is 46.7 Å². The van der Waals surface area contributed by atoms with E-state index in [-0.39, 0.29) is 12.1 Å². The minimum absolute atomic E-state index is 0.0482. The zero-order chi connectivity index (χ0) is 24.8. The molecule has 35 heavy (non-hydrogen) atoms. The van der Waals surface area contributed by atoms with Gasteiger partial charge in [0, 0.05) is 37.7 Å². The summed E-state index contributed by atoms with van der Waals surface area (Å²) in [5, 5.41) is 5.35. The molecule has 10 heteroatoms. The zero-order valence-corrected chi connectivity index (χ0v) is 19.7. The van der Waals surface area contributed by atoms with Crippen molar-refractivity contribution in [3.8, 4) is 10.7 Å². The number of para-hydroxylation sites is 1. The summed E-state index contributed by atoms with van der Waals surface area (Å²) in [6, 6.07) is 16.1. The van der Waals surface area contributed by atoms with Crippen LogP contribution in [0.1, 0.15) is 12.0 Å². The molecule has 0 fully saturated rings. The summed E-state index contributed by atoms with van der Waals surface area (Å²) in [4.78, 5) is 25.0. The van der Waals surface area contributed by atoms with E-state index in [9.17, 15) is 18.0 Å². The molecular formula is C25H23F3N4O2S. The number of halogens is 3. The molecule has 4 aromatic rings. The number of benzene rings is 2. The molecule has 0 saturated carbocycles. The standard InChI is InChI=1S/C25H23F3N4O2S/c1-34-14-13-32(12-11-22(33)29-18-7-4-6-17(16-18)25(26,27)28)24-19-8-2-3-9-20(19)30-23(31-24)21-10-5-15-35-21/h2-10,15-16H,11-14H2,1H3,(H,29,33). The first kappa shape index (κ1) is 24.6.